The Hall–Kier alpha value is -4.76. The van der Waals surface area contributed by atoms with Gasteiger partial charge in [-0.2, -0.15) is 0 Å². The van der Waals surface area contributed by atoms with Gasteiger partial charge in [0.25, 0.3) is 0 Å². The molecule has 222 valence electrons. The predicted molar refractivity (Wildman–Crippen MR) is 172 cm³/mol. The predicted octanol–water partition coefficient (Wildman–Crippen LogP) is 7.83. The van der Waals surface area contributed by atoms with Crippen molar-refractivity contribution in [3.63, 3.8) is 0 Å². The van der Waals surface area contributed by atoms with Crippen LogP contribution in [-0.2, 0) is 10.0 Å². The van der Waals surface area contributed by atoms with Gasteiger partial charge in [-0.25, -0.2) is 13.6 Å². The maximum absolute atomic E-state index is 12.3. The molecule has 6 rings (SSSR count). The number of nitrogens with two attached hydrogens (primary N) is 1. The van der Waals surface area contributed by atoms with E-state index in [0.29, 0.717) is 44.8 Å². The molecule has 0 fully saturated rings. The third-order valence-corrected chi connectivity index (χ3v) is 8.64. The molecule has 3 N–H and O–H groups in total. The molecular formula is C35H29ClN2O5S. The fourth-order valence-corrected chi connectivity index (χ4v) is 6.23. The van der Waals surface area contributed by atoms with Crippen LogP contribution in [0.1, 0.15) is 23.3 Å². The monoisotopic (exact) mass is 624 g/mol. The summed E-state index contributed by atoms with van der Waals surface area (Å²) in [7, 11) is -2.45. The number of ether oxygens (including phenoxy) is 3. The highest BCUT2D eigenvalue weighted by Gasteiger charge is 2.37. The molecule has 0 spiro atoms. The molecule has 0 aliphatic heterocycles. The number of halogens is 1. The summed E-state index contributed by atoms with van der Waals surface area (Å²) in [4.78, 5) is 0.00544. The van der Waals surface area contributed by atoms with Crippen LogP contribution in [0.15, 0.2) is 143 Å². The zero-order valence-corrected chi connectivity index (χ0v) is 25.3. The van der Waals surface area contributed by atoms with Crippen molar-refractivity contribution < 1.29 is 22.6 Å². The number of fused-ring (bicyclic) bond motifs is 1. The molecule has 0 aromatic heterocycles. The fourth-order valence-electron chi connectivity index (χ4n) is 5.18. The van der Waals surface area contributed by atoms with Crippen molar-refractivity contribution >= 4 is 27.3 Å². The number of benzene rings is 5. The molecule has 2 unspecified atom stereocenters. The van der Waals surface area contributed by atoms with Gasteiger partial charge in [0.15, 0.2) is 12.2 Å². The highest BCUT2D eigenvalue weighted by Crippen LogP contribution is 2.46. The molecule has 0 saturated heterocycles. The molecule has 9 heteroatoms. The van der Waals surface area contributed by atoms with Crippen LogP contribution in [0, 0.1) is 0 Å². The summed E-state index contributed by atoms with van der Waals surface area (Å²) in [5, 5.41) is 9.44. The number of methoxy groups -OCH3 is 1. The number of nitrogens with one attached hydrogen (secondary N) is 1. The maximum Gasteiger partial charge on any atom is 0.238 e. The Labute approximate surface area is 261 Å². The van der Waals surface area contributed by atoms with Crippen LogP contribution in [0.25, 0.3) is 11.1 Å². The number of para-hydroxylation sites is 2. The lowest BCUT2D eigenvalue weighted by Gasteiger charge is -2.34. The third-order valence-electron chi connectivity index (χ3n) is 7.27. The van der Waals surface area contributed by atoms with Crippen LogP contribution in [0.4, 0.5) is 5.69 Å². The van der Waals surface area contributed by atoms with Gasteiger partial charge in [0.1, 0.15) is 17.2 Å². The minimum absolute atomic E-state index is 0.00544. The zero-order chi connectivity index (χ0) is 30.7. The van der Waals surface area contributed by atoms with Crippen molar-refractivity contribution in [2.24, 2.45) is 5.14 Å². The summed E-state index contributed by atoms with van der Waals surface area (Å²) < 4.78 is 43.0. The van der Waals surface area contributed by atoms with Gasteiger partial charge in [0.05, 0.1) is 22.7 Å². The molecule has 44 heavy (non-hydrogen) atoms. The summed E-state index contributed by atoms with van der Waals surface area (Å²) in [6.45, 7) is 0. The van der Waals surface area contributed by atoms with E-state index in [1.807, 2.05) is 109 Å². The Morgan fingerprint density at radius 3 is 1.80 bits per heavy atom. The first-order valence-corrected chi connectivity index (χ1v) is 15.7. The second-order valence-corrected chi connectivity index (χ2v) is 12.1. The smallest absolute Gasteiger partial charge is 0.238 e. The number of sulfonamides is 1. The van der Waals surface area contributed by atoms with Gasteiger partial charge in [0.2, 0.25) is 10.0 Å². The lowest BCUT2D eigenvalue weighted by atomic mass is 9.89. The van der Waals surface area contributed by atoms with Crippen molar-refractivity contribution in [3.8, 4) is 28.4 Å². The van der Waals surface area contributed by atoms with E-state index in [-0.39, 0.29) is 4.90 Å². The Kier molecular flexibility index (Phi) is 8.30. The SMILES string of the molecule is COc1ccc(S(N)(=O)=O)c(-c2ccc(NC3=C(Cl)C(Oc4ccccc4)c4ccccc4C3Oc3ccccc3)cc2)c1. The van der Waals surface area contributed by atoms with Crippen molar-refractivity contribution in [1.82, 2.24) is 0 Å². The van der Waals surface area contributed by atoms with Crippen LogP contribution >= 0.6 is 11.6 Å². The van der Waals surface area contributed by atoms with E-state index in [2.05, 4.69) is 5.32 Å². The zero-order valence-electron chi connectivity index (χ0n) is 23.7. The highest BCUT2D eigenvalue weighted by atomic mass is 35.5. The van der Waals surface area contributed by atoms with E-state index in [1.165, 1.54) is 13.2 Å². The van der Waals surface area contributed by atoms with Crippen LogP contribution in [0.5, 0.6) is 17.2 Å². The number of rotatable bonds is 9. The van der Waals surface area contributed by atoms with Crippen molar-refractivity contribution in [3.05, 3.63) is 149 Å². The first-order valence-electron chi connectivity index (χ1n) is 13.8. The molecule has 0 bridgehead atoms. The van der Waals surface area contributed by atoms with Gasteiger partial charge >= 0.3 is 0 Å². The number of hydrogen-bond donors (Lipinski definition) is 2. The highest BCUT2D eigenvalue weighted by molar-refractivity contribution is 7.89. The normalized spacial score (nSPS) is 16.2. The van der Waals surface area contributed by atoms with E-state index in [0.717, 1.165) is 11.1 Å². The Balaban J connectivity index is 1.40. The summed E-state index contributed by atoms with van der Waals surface area (Å²) >= 11 is 7.19. The third kappa shape index (κ3) is 6.14. The summed E-state index contributed by atoms with van der Waals surface area (Å²) in [6.07, 6.45) is -1.15. The van der Waals surface area contributed by atoms with Gasteiger partial charge in [-0.1, -0.05) is 84.4 Å². The van der Waals surface area contributed by atoms with Crippen LogP contribution in [-0.4, -0.2) is 15.5 Å². The van der Waals surface area contributed by atoms with Gasteiger partial charge < -0.3 is 19.5 Å². The van der Waals surface area contributed by atoms with Gasteiger partial charge in [-0.05, 0) is 60.2 Å². The largest absolute Gasteiger partial charge is 0.497 e. The van der Waals surface area contributed by atoms with E-state index in [4.69, 9.17) is 31.0 Å². The average Bonchev–Trinajstić information content (AvgIpc) is 3.05. The van der Waals surface area contributed by atoms with E-state index < -0.39 is 22.2 Å². The average molecular weight is 625 g/mol. The van der Waals surface area contributed by atoms with Crippen LogP contribution in [0.2, 0.25) is 0 Å². The molecule has 1 aliphatic carbocycles. The lowest BCUT2D eigenvalue weighted by molar-refractivity contribution is 0.204. The molecule has 2 atom stereocenters. The molecule has 0 saturated carbocycles. The second-order valence-electron chi connectivity index (χ2n) is 10.1. The molecule has 5 aromatic carbocycles. The lowest BCUT2D eigenvalue weighted by Crippen LogP contribution is -2.27. The maximum atomic E-state index is 12.3. The quantitative estimate of drug-likeness (QED) is 0.173. The molecular weight excluding hydrogens is 596 g/mol. The Morgan fingerprint density at radius 2 is 1.23 bits per heavy atom. The van der Waals surface area contributed by atoms with E-state index >= 15 is 0 Å². The van der Waals surface area contributed by atoms with Crippen LogP contribution in [0.3, 0.4) is 0 Å². The molecule has 5 aromatic rings. The van der Waals surface area contributed by atoms with E-state index in [9.17, 15) is 8.42 Å². The topological polar surface area (TPSA) is 99.9 Å². The standard InChI is InChI=1S/C35H29ClN2O5S/c1-41-27-20-21-31(44(37,39)40)30(22-27)23-16-18-24(19-17-23)38-33-32(36)34(42-25-10-4-2-5-11-25)28-14-8-9-15-29(28)35(33)43-26-12-6-3-7-13-26/h2-22,34-35,38H,1H3,(H2,37,39,40). The summed E-state index contributed by atoms with van der Waals surface area (Å²) in [5.74, 6) is 1.88. The molecule has 1 aliphatic rings. The van der Waals surface area contributed by atoms with Gasteiger partial charge in [-0.15, -0.1) is 0 Å². The van der Waals surface area contributed by atoms with Crippen molar-refractivity contribution in [2.75, 3.05) is 12.4 Å². The molecule has 0 amide bonds. The Bertz CT molecular complexity index is 1910. The van der Waals surface area contributed by atoms with Gasteiger partial charge in [-0.3, -0.25) is 0 Å². The second kappa shape index (κ2) is 12.5. The number of primary sulfonamides is 1. The number of anilines is 1. The first kappa shape index (κ1) is 29.3. The molecule has 7 nitrogen and oxygen atoms in total. The number of hydrogen-bond acceptors (Lipinski definition) is 6. The van der Waals surface area contributed by atoms with Crippen molar-refractivity contribution in [1.29, 1.82) is 0 Å². The van der Waals surface area contributed by atoms with Crippen LogP contribution < -0.4 is 24.7 Å². The first-order chi connectivity index (χ1) is 21.3. The summed E-state index contributed by atoms with van der Waals surface area (Å²) in [6, 6.07) is 38.9. The fraction of sp³-hybridized carbons (Fsp3) is 0.0857. The molecule has 0 radical (unpaired) electrons. The van der Waals surface area contributed by atoms with Crippen molar-refractivity contribution in [2.45, 2.75) is 17.1 Å². The van der Waals surface area contributed by atoms with E-state index in [1.54, 1.807) is 12.1 Å². The van der Waals surface area contributed by atoms with Gasteiger partial charge in [0, 0.05) is 22.4 Å². The molecule has 0 heterocycles. The Morgan fingerprint density at radius 1 is 0.682 bits per heavy atom. The minimum Gasteiger partial charge on any atom is -0.497 e. The summed E-state index contributed by atoms with van der Waals surface area (Å²) in [5.41, 5.74) is 4.22. The minimum atomic E-state index is -3.97.